The van der Waals surface area contributed by atoms with Gasteiger partial charge in [0.25, 0.3) is 11.6 Å². The van der Waals surface area contributed by atoms with Crippen LogP contribution in [0.1, 0.15) is 44.3 Å². The Morgan fingerprint density at radius 3 is 2.56 bits per heavy atom. The van der Waals surface area contributed by atoms with Crippen LogP contribution in [0.25, 0.3) is 28.0 Å². The number of aryl methyl sites for hydroxylation is 3. The summed E-state index contributed by atoms with van der Waals surface area (Å²) in [4.78, 5) is 26.5. The summed E-state index contributed by atoms with van der Waals surface area (Å²) < 4.78 is 7.18. The SMILES string of the molecule is Cc1cc(-c2cc(C(=O)N(C)C(C)c3ccc(-n4cncn4)cc3)c3c(C)noc3n2)c(C)s1. The van der Waals surface area contributed by atoms with E-state index in [9.17, 15) is 4.79 Å². The van der Waals surface area contributed by atoms with Gasteiger partial charge in [0.2, 0.25) is 0 Å². The summed E-state index contributed by atoms with van der Waals surface area (Å²) in [5, 5.41) is 8.89. The summed E-state index contributed by atoms with van der Waals surface area (Å²) in [6.07, 6.45) is 3.15. The Bertz CT molecular complexity index is 1480. The molecule has 1 amide bonds. The van der Waals surface area contributed by atoms with Gasteiger partial charge in [0.15, 0.2) is 0 Å². The van der Waals surface area contributed by atoms with Crippen LogP contribution in [0.3, 0.4) is 0 Å². The first-order valence-corrected chi connectivity index (χ1v) is 11.7. The van der Waals surface area contributed by atoms with Crippen molar-refractivity contribution in [1.82, 2.24) is 29.8 Å². The third kappa shape index (κ3) is 3.77. The van der Waals surface area contributed by atoms with Crippen LogP contribution in [0, 0.1) is 20.8 Å². The number of carbonyl (C=O) groups is 1. The molecule has 0 saturated heterocycles. The highest BCUT2D eigenvalue weighted by Crippen LogP contribution is 2.34. The lowest BCUT2D eigenvalue weighted by Gasteiger charge is -2.26. The molecule has 1 unspecified atom stereocenters. The Morgan fingerprint density at radius 1 is 1.15 bits per heavy atom. The van der Waals surface area contributed by atoms with Crippen LogP contribution in [-0.4, -0.2) is 42.8 Å². The maximum absolute atomic E-state index is 13.8. The van der Waals surface area contributed by atoms with Gasteiger partial charge in [-0.2, -0.15) is 5.10 Å². The Labute approximate surface area is 200 Å². The average molecular weight is 473 g/mol. The molecule has 1 aromatic carbocycles. The molecular weight excluding hydrogens is 448 g/mol. The van der Waals surface area contributed by atoms with Crippen LogP contribution in [-0.2, 0) is 0 Å². The summed E-state index contributed by atoms with van der Waals surface area (Å²) >= 11 is 1.71. The molecule has 0 bridgehead atoms. The van der Waals surface area contributed by atoms with E-state index in [1.165, 1.54) is 11.2 Å². The molecule has 0 saturated carbocycles. The van der Waals surface area contributed by atoms with E-state index < -0.39 is 0 Å². The van der Waals surface area contributed by atoms with Gasteiger partial charge >= 0.3 is 0 Å². The second-order valence-corrected chi connectivity index (χ2v) is 9.81. The lowest BCUT2D eigenvalue weighted by molar-refractivity contribution is 0.0744. The molecule has 4 heterocycles. The Balaban J connectivity index is 1.50. The van der Waals surface area contributed by atoms with Crippen molar-refractivity contribution in [3.05, 3.63) is 75.6 Å². The summed E-state index contributed by atoms with van der Waals surface area (Å²) in [6.45, 7) is 7.96. The van der Waals surface area contributed by atoms with Gasteiger partial charge < -0.3 is 9.42 Å². The fourth-order valence-electron chi connectivity index (χ4n) is 4.12. The van der Waals surface area contributed by atoms with Crippen LogP contribution in [0.5, 0.6) is 0 Å². The molecule has 9 heteroatoms. The van der Waals surface area contributed by atoms with Crippen molar-refractivity contribution in [3.8, 4) is 16.9 Å². The fourth-order valence-corrected chi connectivity index (χ4v) is 5.06. The minimum Gasteiger partial charge on any atom is -0.335 e. The summed E-state index contributed by atoms with van der Waals surface area (Å²) in [7, 11) is 1.81. The number of carbonyl (C=O) groups excluding carboxylic acids is 1. The number of aromatic nitrogens is 5. The topological polar surface area (TPSA) is 89.9 Å². The highest BCUT2D eigenvalue weighted by Gasteiger charge is 2.25. The fraction of sp³-hybridized carbons (Fsp3) is 0.240. The monoisotopic (exact) mass is 472 g/mol. The molecule has 0 aliphatic rings. The summed E-state index contributed by atoms with van der Waals surface area (Å²) in [5.41, 5.74) is 5.20. The molecular formula is C25H24N6O2S. The minimum atomic E-state index is -0.158. The maximum atomic E-state index is 13.8. The number of pyridine rings is 1. The van der Waals surface area contributed by atoms with Gasteiger partial charge in [0.1, 0.15) is 12.7 Å². The van der Waals surface area contributed by atoms with Crippen molar-refractivity contribution in [1.29, 1.82) is 0 Å². The zero-order valence-corrected chi connectivity index (χ0v) is 20.4. The molecule has 0 spiro atoms. The standard InChI is InChI=1S/C25H24N6O2S/c1-14-10-20(17(4)34-14)22-11-21(23-15(2)29-33-24(23)28-22)25(32)30(5)16(3)18-6-8-19(9-7-18)31-13-26-12-27-31/h6-13,16H,1-5H3. The van der Waals surface area contributed by atoms with Crippen LogP contribution in [0.2, 0.25) is 0 Å². The van der Waals surface area contributed by atoms with Gasteiger partial charge in [-0.15, -0.1) is 11.3 Å². The number of hydrogen-bond acceptors (Lipinski definition) is 7. The van der Waals surface area contributed by atoms with Gasteiger partial charge in [0.05, 0.1) is 34.1 Å². The third-order valence-electron chi connectivity index (χ3n) is 6.12. The first-order valence-electron chi connectivity index (χ1n) is 10.9. The molecule has 0 aliphatic carbocycles. The number of fused-ring (bicyclic) bond motifs is 1. The van der Waals surface area contributed by atoms with E-state index in [-0.39, 0.29) is 11.9 Å². The molecule has 8 nitrogen and oxygen atoms in total. The Hall–Kier alpha value is -3.85. The van der Waals surface area contributed by atoms with E-state index in [1.54, 1.807) is 27.2 Å². The van der Waals surface area contributed by atoms with E-state index in [2.05, 4.69) is 40.1 Å². The minimum absolute atomic E-state index is 0.114. The van der Waals surface area contributed by atoms with E-state index >= 15 is 0 Å². The first-order chi connectivity index (χ1) is 16.3. The van der Waals surface area contributed by atoms with Crippen LogP contribution < -0.4 is 0 Å². The molecule has 1 atom stereocenters. The number of rotatable bonds is 5. The highest BCUT2D eigenvalue weighted by molar-refractivity contribution is 7.12. The number of nitrogens with zero attached hydrogens (tertiary/aromatic N) is 6. The van der Waals surface area contributed by atoms with Crippen LogP contribution >= 0.6 is 11.3 Å². The first kappa shape index (κ1) is 22.0. The van der Waals surface area contributed by atoms with Gasteiger partial charge in [-0.25, -0.2) is 14.6 Å². The van der Waals surface area contributed by atoms with E-state index in [1.807, 2.05) is 51.2 Å². The van der Waals surface area contributed by atoms with E-state index in [4.69, 9.17) is 4.52 Å². The largest absolute Gasteiger partial charge is 0.335 e. The van der Waals surface area contributed by atoms with Gasteiger partial charge in [0, 0.05) is 22.4 Å². The zero-order valence-electron chi connectivity index (χ0n) is 19.6. The van der Waals surface area contributed by atoms with Crippen molar-refractivity contribution in [2.75, 3.05) is 7.05 Å². The zero-order chi connectivity index (χ0) is 24.0. The molecule has 0 radical (unpaired) electrons. The smallest absolute Gasteiger partial charge is 0.259 e. The summed E-state index contributed by atoms with van der Waals surface area (Å²) in [5.74, 6) is -0.114. The van der Waals surface area contributed by atoms with Crippen molar-refractivity contribution in [3.63, 3.8) is 0 Å². The highest BCUT2D eigenvalue weighted by atomic mass is 32.1. The van der Waals surface area contributed by atoms with Crippen LogP contribution in [0.4, 0.5) is 0 Å². The van der Waals surface area contributed by atoms with E-state index in [0.29, 0.717) is 28.1 Å². The summed E-state index contributed by atoms with van der Waals surface area (Å²) in [6, 6.07) is 11.7. The Kier molecular flexibility index (Phi) is 5.49. The number of thiophene rings is 1. The van der Waals surface area contributed by atoms with Crippen molar-refractivity contribution >= 4 is 28.3 Å². The number of benzene rings is 1. The predicted molar refractivity (Wildman–Crippen MR) is 131 cm³/mol. The lowest BCUT2D eigenvalue weighted by atomic mass is 10.0. The molecule has 0 aliphatic heterocycles. The quantitative estimate of drug-likeness (QED) is 0.345. The molecule has 5 aromatic rings. The van der Waals surface area contributed by atoms with Crippen molar-refractivity contribution in [2.24, 2.45) is 0 Å². The maximum Gasteiger partial charge on any atom is 0.259 e. The van der Waals surface area contributed by atoms with Crippen LogP contribution in [0.15, 0.2) is 53.6 Å². The molecule has 4 aromatic heterocycles. The molecule has 0 N–H and O–H groups in total. The second kappa shape index (κ2) is 8.49. The lowest BCUT2D eigenvalue weighted by Crippen LogP contribution is -2.30. The van der Waals surface area contributed by atoms with Gasteiger partial charge in [-0.05, 0) is 57.5 Å². The van der Waals surface area contributed by atoms with Crippen molar-refractivity contribution < 1.29 is 9.32 Å². The third-order valence-corrected chi connectivity index (χ3v) is 7.09. The molecule has 0 fully saturated rings. The average Bonchev–Trinajstić information content (AvgIpc) is 3.58. The second-order valence-electron chi connectivity index (χ2n) is 8.35. The number of hydrogen-bond donors (Lipinski definition) is 0. The molecule has 172 valence electrons. The molecule has 5 rings (SSSR count). The normalized spacial score (nSPS) is 12.3. The Morgan fingerprint density at radius 2 is 1.91 bits per heavy atom. The predicted octanol–water partition coefficient (Wildman–Crippen LogP) is 5.29. The van der Waals surface area contributed by atoms with E-state index in [0.717, 1.165) is 21.7 Å². The van der Waals surface area contributed by atoms with Crippen molar-refractivity contribution in [2.45, 2.75) is 33.7 Å². The van der Waals surface area contributed by atoms with Gasteiger partial charge in [-0.1, -0.05) is 17.3 Å². The number of amides is 1. The van der Waals surface area contributed by atoms with Gasteiger partial charge in [-0.3, -0.25) is 4.79 Å². The molecule has 34 heavy (non-hydrogen) atoms.